The lowest BCUT2D eigenvalue weighted by atomic mass is 10.1. The second-order valence-electron chi connectivity index (χ2n) is 8.71. The smallest absolute Gasteiger partial charge is 0.232 e. The summed E-state index contributed by atoms with van der Waals surface area (Å²) in [6.45, 7) is 3.96. The molecular weight excluding hydrogens is 458 g/mol. The second kappa shape index (κ2) is 9.84. The number of allylic oxidation sites excluding steroid dienone is 1. The molecule has 178 valence electrons. The summed E-state index contributed by atoms with van der Waals surface area (Å²) in [5.74, 6) is 1.40. The summed E-state index contributed by atoms with van der Waals surface area (Å²) in [4.78, 5) is 6.85. The van der Waals surface area contributed by atoms with Crippen LogP contribution in [-0.2, 0) is 7.05 Å². The molecule has 4 aromatic rings. The third-order valence-electron chi connectivity index (χ3n) is 6.30. The third-order valence-corrected chi connectivity index (χ3v) is 7.24. The van der Waals surface area contributed by atoms with E-state index in [2.05, 4.69) is 57.3 Å². The molecule has 1 N–H and O–H groups in total. The summed E-state index contributed by atoms with van der Waals surface area (Å²) in [6, 6.07) is 18.1. The van der Waals surface area contributed by atoms with E-state index in [1.54, 1.807) is 0 Å². The van der Waals surface area contributed by atoms with E-state index in [4.69, 9.17) is 0 Å². The van der Waals surface area contributed by atoms with E-state index in [0.717, 1.165) is 48.6 Å². The highest BCUT2D eigenvalue weighted by molar-refractivity contribution is 7.99. The molecule has 1 saturated heterocycles. The fourth-order valence-corrected chi connectivity index (χ4v) is 5.22. The second-order valence-corrected chi connectivity index (χ2v) is 9.65. The molecule has 9 heteroatoms. The van der Waals surface area contributed by atoms with Crippen LogP contribution in [0.5, 0.6) is 0 Å². The Balaban J connectivity index is 1.48. The Kier molecular flexibility index (Phi) is 6.47. The van der Waals surface area contributed by atoms with Crippen LogP contribution in [0.25, 0.3) is 22.3 Å². The van der Waals surface area contributed by atoms with E-state index in [-0.39, 0.29) is 17.1 Å². The Morgan fingerprint density at radius 2 is 1.80 bits per heavy atom. The zero-order valence-corrected chi connectivity index (χ0v) is 20.7. The van der Waals surface area contributed by atoms with Crippen LogP contribution in [0.3, 0.4) is 0 Å². The normalized spacial score (nSPS) is 14.7. The average Bonchev–Trinajstić information content (AvgIpc) is 3.46. The van der Waals surface area contributed by atoms with Crippen LogP contribution in [0, 0.1) is 18.3 Å². The van der Waals surface area contributed by atoms with Crippen molar-refractivity contribution in [2.45, 2.75) is 31.3 Å². The van der Waals surface area contributed by atoms with E-state index in [9.17, 15) is 10.4 Å². The fraction of sp³-hybridized carbons (Fsp3) is 0.308. The monoisotopic (exact) mass is 485 g/mol. The molecule has 35 heavy (non-hydrogen) atoms. The molecule has 5 rings (SSSR count). The molecule has 0 bridgehead atoms. The van der Waals surface area contributed by atoms with E-state index >= 15 is 0 Å². The number of aliphatic hydroxyl groups excluding tert-OH is 1. The first kappa shape index (κ1) is 23.0. The van der Waals surface area contributed by atoms with E-state index in [1.807, 2.05) is 40.4 Å². The number of aryl methyl sites for hydroxylation is 2. The number of aliphatic hydroxyl groups is 1. The molecule has 1 aliphatic rings. The van der Waals surface area contributed by atoms with Gasteiger partial charge in [0.25, 0.3) is 0 Å². The summed E-state index contributed by atoms with van der Waals surface area (Å²) in [7, 11) is 1.85. The molecular formula is C26H27N7OS. The highest BCUT2D eigenvalue weighted by atomic mass is 32.2. The standard InChI is InChI=1S/C26H27N7OS/c1-18-10-12-19(13-11-18)33-25(32-14-6-3-7-15-32)29-30-26(33)35-17-23(34)20(16-27)24-28-21-8-4-5-9-22(21)31(24)2/h4-5,8-13,34H,3,6-7,14-15,17H2,1-2H3/b23-20-. The molecule has 0 aliphatic carbocycles. The van der Waals surface area contributed by atoms with Gasteiger partial charge in [-0.1, -0.05) is 41.6 Å². The SMILES string of the molecule is Cc1ccc(-n2c(SC/C(O)=C(\C#N)c3nc4ccccc4n3C)nnc2N2CCCCC2)cc1. The number of hydrogen-bond acceptors (Lipinski definition) is 7. The van der Waals surface area contributed by atoms with Crippen molar-refractivity contribution in [1.29, 1.82) is 5.26 Å². The number of para-hydroxylation sites is 2. The number of nitriles is 1. The number of hydrogen-bond donors (Lipinski definition) is 1. The van der Waals surface area contributed by atoms with E-state index in [0.29, 0.717) is 11.0 Å². The lowest BCUT2D eigenvalue weighted by Crippen LogP contribution is -2.31. The molecule has 3 heterocycles. The van der Waals surface area contributed by atoms with Crippen LogP contribution in [0.4, 0.5) is 5.95 Å². The molecule has 8 nitrogen and oxygen atoms in total. The van der Waals surface area contributed by atoms with Gasteiger partial charge in [-0.25, -0.2) is 4.98 Å². The molecule has 2 aromatic heterocycles. The van der Waals surface area contributed by atoms with Gasteiger partial charge >= 0.3 is 0 Å². The molecule has 1 fully saturated rings. The Morgan fingerprint density at radius 3 is 2.51 bits per heavy atom. The minimum Gasteiger partial charge on any atom is -0.510 e. The maximum Gasteiger partial charge on any atom is 0.232 e. The maximum atomic E-state index is 10.9. The summed E-state index contributed by atoms with van der Waals surface area (Å²) in [5.41, 5.74) is 4.00. The van der Waals surface area contributed by atoms with Crippen LogP contribution in [0.15, 0.2) is 59.4 Å². The lowest BCUT2D eigenvalue weighted by Gasteiger charge is -2.27. The van der Waals surface area contributed by atoms with Crippen molar-refractivity contribution in [2.24, 2.45) is 7.05 Å². The minimum absolute atomic E-state index is 0.0334. The van der Waals surface area contributed by atoms with Crippen LogP contribution in [-0.4, -0.2) is 48.3 Å². The Bertz CT molecular complexity index is 1420. The van der Waals surface area contributed by atoms with Crippen molar-refractivity contribution in [1.82, 2.24) is 24.3 Å². The van der Waals surface area contributed by atoms with Crippen molar-refractivity contribution in [3.63, 3.8) is 0 Å². The predicted octanol–water partition coefficient (Wildman–Crippen LogP) is 5.04. The number of nitrogens with zero attached hydrogens (tertiary/aromatic N) is 7. The zero-order valence-electron chi connectivity index (χ0n) is 19.8. The predicted molar refractivity (Wildman–Crippen MR) is 139 cm³/mol. The molecule has 1 aliphatic heterocycles. The molecule has 0 saturated carbocycles. The molecule has 0 atom stereocenters. The van der Waals surface area contributed by atoms with E-state index in [1.165, 1.54) is 23.7 Å². The van der Waals surface area contributed by atoms with Gasteiger partial charge in [-0.2, -0.15) is 5.26 Å². The molecule has 2 aromatic carbocycles. The Labute approximate surface area is 208 Å². The van der Waals surface area contributed by atoms with Gasteiger partial charge < -0.3 is 14.6 Å². The fourth-order valence-electron chi connectivity index (χ4n) is 4.39. The van der Waals surface area contributed by atoms with Gasteiger partial charge in [-0.05, 0) is 50.5 Å². The number of imidazole rings is 1. The number of rotatable bonds is 6. The van der Waals surface area contributed by atoms with Crippen molar-refractivity contribution in [2.75, 3.05) is 23.7 Å². The Morgan fingerprint density at radius 1 is 1.06 bits per heavy atom. The van der Waals surface area contributed by atoms with E-state index < -0.39 is 0 Å². The zero-order chi connectivity index (χ0) is 24.4. The number of piperidine rings is 1. The minimum atomic E-state index is -0.0334. The topological polar surface area (TPSA) is 95.8 Å². The molecule has 0 amide bonds. The van der Waals surface area contributed by atoms with Crippen LogP contribution in [0.1, 0.15) is 30.7 Å². The number of benzene rings is 2. The van der Waals surface area contributed by atoms with Crippen LogP contribution < -0.4 is 4.90 Å². The highest BCUT2D eigenvalue weighted by Crippen LogP contribution is 2.31. The summed E-state index contributed by atoms with van der Waals surface area (Å²) in [5, 5.41) is 30.5. The van der Waals surface area contributed by atoms with Gasteiger partial charge in [-0.15, -0.1) is 10.2 Å². The van der Waals surface area contributed by atoms with Gasteiger partial charge in [-0.3, -0.25) is 4.57 Å². The largest absolute Gasteiger partial charge is 0.510 e. The summed E-state index contributed by atoms with van der Waals surface area (Å²) < 4.78 is 3.88. The van der Waals surface area contributed by atoms with Crippen molar-refractivity contribution in [3.05, 3.63) is 65.7 Å². The highest BCUT2D eigenvalue weighted by Gasteiger charge is 2.23. The first-order valence-corrected chi connectivity index (χ1v) is 12.7. The van der Waals surface area contributed by atoms with Crippen LogP contribution >= 0.6 is 11.8 Å². The first-order chi connectivity index (χ1) is 17.1. The van der Waals surface area contributed by atoms with Gasteiger partial charge in [0, 0.05) is 20.1 Å². The first-order valence-electron chi connectivity index (χ1n) is 11.7. The van der Waals surface area contributed by atoms with Gasteiger partial charge in [0.2, 0.25) is 5.95 Å². The van der Waals surface area contributed by atoms with Crippen molar-refractivity contribution in [3.8, 4) is 11.8 Å². The quantitative estimate of drug-likeness (QED) is 0.232. The Hall–Kier alpha value is -3.77. The summed E-state index contributed by atoms with van der Waals surface area (Å²) in [6.07, 6.45) is 3.50. The number of fused-ring (bicyclic) bond motifs is 1. The van der Waals surface area contributed by atoms with Crippen molar-refractivity contribution < 1.29 is 5.11 Å². The van der Waals surface area contributed by atoms with Gasteiger partial charge in [0.05, 0.1) is 22.5 Å². The van der Waals surface area contributed by atoms with Gasteiger partial charge in [0.1, 0.15) is 17.4 Å². The average molecular weight is 486 g/mol. The number of anilines is 1. The summed E-state index contributed by atoms with van der Waals surface area (Å²) >= 11 is 1.36. The van der Waals surface area contributed by atoms with Gasteiger partial charge in [0.15, 0.2) is 11.0 Å². The number of thioether (sulfide) groups is 1. The maximum absolute atomic E-state index is 10.9. The third kappa shape index (κ3) is 4.49. The lowest BCUT2D eigenvalue weighted by molar-refractivity contribution is 0.420. The molecule has 0 radical (unpaired) electrons. The molecule has 0 unspecified atom stereocenters. The molecule has 0 spiro atoms. The van der Waals surface area contributed by atoms with Crippen LogP contribution in [0.2, 0.25) is 0 Å². The van der Waals surface area contributed by atoms with Crippen molar-refractivity contribution >= 4 is 34.3 Å². The number of aromatic nitrogens is 5.